The predicted octanol–water partition coefficient (Wildman–Crippen LogP) is 1.34. The van der Waals surface area contributed by atoms with Crippen molar-refractivity contribution in [3.8, 4) is 5.75 Å². The molecule has 0 unspecified atom stereocenters. The quantitative estimate of drug-likeness (QED) is 0.391. The number of amides is 2. The number of carbonyl (C=O) groups is 3. The van der Waals surface area contributed by atoms with Gasteiger partial charge in [0.1, 0.15) is 0 Å². The van der Waals surface area contributed by atoms with E-state index in [9.17, 15) is 24.5 Å². The Balaban J connectivity index is 1.51. The molecule has 0 atom stereocenters. The Morgan fingerprint density at radius 3 is 2.43 bits per heavy atom. The fraction of sp³-hybridized carbons (Fsp3) is 0.316. The van der Waals surface area contributed by atoms with E-state index in [0.29, 0.717) is 13.1 Å². The first-order valence-corrected chi connectivity index (χ1v) is 9.01. The number of rotatable bonds is 6. The third-order valence-corrected chi connectivity index (χ3v) is 4.59. The second kappa shape index (κ2) is 9.07. The first-order valence-electron chi connectivity index (χ1n) is 9.01. The molecule has 30 heavy (non-hydrogen) atoms. The smallest absolute Gasteiger partial charge is 0.338 e. The summed E-state index contributed by atoms with van der Waals surface area (Å²) >= 11 is 0. The molecule has 1 aliphatic rings. The number of esters is 1. The lowest BCUT2D eigenvalue weighted by molar-refractivity contribution is -0.385. The second-order valence-corrected chi connectivity index (χ2v) is 6.37. The Kier molecular flexibility index (Phi) is 6.30. The highest BCUT2D eigenvalue weighted by Crippen LogP contribution is 2.27. The van der Waals surface area contributed by atoms with Gasteiger partial charge in [-0.3, -0.25) is 19.7 Å². The van der Waals surface area contributed by atoms with Crippen molar-refractivity contribution >= 4 is 23.5 Å². The molecule has 1 aromatic carbocycles. The van der Waals surface area contributed by atoms with Crippen molar-refractivity contribution < 1.29 is 33.2 Å². The Bertz CT molecular complexity index is 949. The van der Waals surface area contributed by atoms with Crippen LogP contribution in [0.4, 0.5) is 5.69 Å². The third-order valence-electron chi connectivity index (χ3n) is 4.59. The molecule has 2 aromatic rings. The number of nitrogens with zero attached hydrogens (tertiary/aromatic N) is 3. The first-order chi connectivity index (χ1) is 14.4. The number of nitro benzene ring substituents is 1. The lowest BCUT2D eigenvalue weighted by atomic mass is 10.2. The lowest BCUT2D eigenvalue weighted by Crippen LogP contribution is -2.51. The fourth-order valence-electron chi connectivity index (χ4n) is 2.98. The minimum absolute atomic E-state index is 0.00888. The molecular weight excluding hydrogens is 398 g/mol. The summed E-state index contributed by atoms with van der Waals surface area (Å²) in [4.78, 5) is 50.1. The molecule has 0 spiro atoms. The molecule has 11 nitrogen and oxygen atoms in total. The van der Waals surface area contributed by atoms with Gasteiger partial charge >= 0.3 is 11.7 Å². The molecular formula is C19H19N3O8. The Hall–Kier alpha value is -3.89. The molecule has 2 heterocycles. The number of hydrogen-bond acceptors (Lipinski definition) is 8. The lowest BCUT2D eigenvalue weighted by Gasteiger charge is -2.34. The summed E-state index contributed by atoms with van der Waals surface area (Å²) in [6, 6.07) is 6.83. The zero-order valence-corrected chi connectivity index (χ0v) is 16.1. The van der Waals surface area contributed by atoms with Crippen LogP contribution in [0.15, 0.2) is 41.0 Å². The molecule has 2 amide bonds. The van der Waals surface area contributed by atoms with Crippen molar-refractivity contribution in [1.29, 1.82) is 0 Å². The SMILES string of the molecule is COc1ccc(C(=O)OCC(=O)N2CCN(C(=O)c3ccco3)CC2)cc1[N+](=O)[O-]. The van der Waals surface area contributed by atoms with E-state index < -0.39 is 23.4 Å². The third kappa shape index (κ3) is 4.57. The Morgan fingerprint density at radius 1 is 1.13 bits per heavy atom. The summed E-state index contributed by atoms with van der Waals surface area (Å²) in [5.74, 6) is -1.29. The number of hydrogen-bond donors (Lipinski definition) is 0. The number of benzene rings is 1. The highest BCUT2D eigenvalue weighted by molar-refractivity contribution is 5.93. The van der Waals surface area contributed by atoms with Gasteiger partial charge in [-0.25, -0.2) is 4.79 Å². The van der Waals surface area contributed by atoms with E-state index in [0.717, 1.165) is 6.07 Å². The number of ether oxygens (including phenoxy) is 2. The normalized spacial score (nSPS) is 13.6. The van der Waals surface area contributed by atoms with Gasteiger partial charge in [0, 0.05) is 32.2 Å². The van der Waals surface area contributed by atoms with Crippen LogP contribution in [0.5, 0.6) is 5.75 Å². The van der Waals surface area contributed by atoms with Gasteiger partial charge < -0.3 is 23.7 Å². The van der Waals surface area contributed by atoms with E-state index in [1.165, 1.54) is 30.4 Å². The highest BCUT2D eigenvalue weighted by atomic mass is 16.6. The zero-order valence-electron chi connectivity index (χ0n) is 16.1. The summed E-state index contributed by atoms with van der Waals surface area (Å²) in [6.45, 7) is 0.715. The topological polar surface area (TPSA) is 132 Å². The summed E-state index contributed by atoms with van der Waals surface area (Å²) < 4.78 is 15.0. The van der Waals surface area contributed by atoms with Crippen LogP contribution in [-0.4, -0.2) is 72.4 Å². The average Bonchev–Trinajstić information content (AvgIpc) is 3.31. The van der Waals surface area contributed by atoms with E-state index in [2.05, 4.69) is 0 Å². The summed E-state index contributed by atoms with van der Waals surface area (Å²) in [6.07, 6.45) is 1.42. The van der Waals surface area contributed by atoms with Gasteiger partial charge in [0.15, 0.2) is 18.1 Å². The van der Waals surface area contributed by atoms with Gasteiger partial charge in [0.05, 0.1) is 23.9 Å². The van der Waals surface area contributed by atoms with Crippen LogP contribution >= 0.6 is 0 Å². The number of piperazine rings is 1. The molecule has 0 radical (unpaired) electrons. The van der Waals surface area contributed by atoms with Gasteiger partial charge in [-0.05, 0) is 24.3 Å². The fourth-order valence-corrected chi connectivity index (χ4v) is 2.98. The summed E-state index contributed by atoms with van der Waals surface area (Å²) in [5.41, 5.74) is -0.445. The van der Waals surface area contributed by atoms with Crippen LogP contribution in [0.1, 0.15) is 20.9 Å². The number of furan rings is 1. The maximum absolute atomic E-state index is 12.3. The van der Waals surface area contributed by atoms with Crippen LogP contribution < -0.4 is 4.74 Å². The molecule has 0 saturated carbocycles. The molecule has 1 aromatic heterocycles. The van der Waals surface area contributed by atoms with Gasteiger partial charge in [0.2, 0.25) is 0 Å². The molecule has 0 aliphatic carbocycles. The Morgan fingerprint density at radius 2 is 1.83 bits per heavy atom. The van der Waals surface area contributed by atoms with E-state index in [-0.39, 0.29) is 41.8 Å². The predicted molar refractivity (Wildman–Crippen MR) is 101 cm³/mol. The van der Waals surface area contributed by atoms with Crippen molar-refractivity contribution in [2.75, 3.05) is 39.9 Å². The van der Waals surface area contributed by atoms with Crippen LogP contribution in [0.25, 0.3) is 0 Å². The van der Waals surface area contributed by atoms with Gasteiger partial charge in [0.25, 0.3) is 11.8 Å². The van der Waals surface area contributed by atoms with E-state index >= 15 is 0 Å². The van der Waals surface area contributed by atoms with Crippen molar-refractivity contribution in [3.05, 3.63) is 58.0 Å². The minimum atomic E-state index is -0.860. The van der Waals surface area contributed by atoms with E-state index in [1.807, 2.05) is 0 Å². The standard InChI is InChI=1S/C19H19N3O8/c1-28-15-5-4-13(11-14(15)22(26)27)19(25)30-12-17(23)20-6-8-21(9-7-20)18(24)16-3-2-10-29-16/h2-5,10-11H,6-9,12H2,1H3. The summed E-state index contributed by atoms with van der Waals surface area (Å²) in [7, 11) is 1.28. The molecule has 1 saturated heterocycles. The van der Waals surface area contributed by atoms with Gasteiger partial charge in [-0.2, -0.15) is 0 Å². The maximum atomic E-state index is 12.3. The first kappa shape index (κ1) is 20.8. The van der Waals surface area contributed by atoms with E-state index in [1.54, 1.807) is 17.0 Å². The largest absolute Gasteiger partial charge is 0.490 e. The monoisotopic (exact) mass is 417 g/mol. The van der Waals surface area contributed by atoms with Gasteiger partial charge in [-0.15, -0.1) is 0 Å². The molecule has 3 rings (SSSR count). The van der Waals surface area contributed by atoms with Crippen molar-refractivity contribution in [1.82, 2.24) is 9.80 Å². The molecule has 0 bridgehead atoms. The van der Waals surface area contributed by atoms with Crippen molar-refractivity contribution in [3.63, 3.8) is 0 Å². The molecule has 11 heteroatoms. The van der Waals surface area contributed by atoms with Crippen LogP contribution in [0.2, 0.25) is 0 Å². The number of carbonyl (C=O) groups excluding carboxylic acids is 3. The molecule has 1 aliphatic heterocycles. The zero-order chi connectivity index (χ0) is 21.7. The number of methoxy groups -OCH3 is 1. The summed E-state index contributed by atoms with van der Waals surface area (Å²) in [5, 5.41) is 11.1. The molecule has 158 valence electrons. The van der Waals surface area contributed by atoms with Crippen molar-refractivity contribution in [2.45, 2.75) is 0 Å². The van der Waals surface area contributed by atoms with Crippen molar-refractivity contribution in [2.24, 2.45) is 0 Å². The average molecular weight is 417 g/mol. The number of nitro groups is 1. The second-order valence-electron chi connectivity index (χ2n) is 6.37. The van der Waals surface area contributed by atoms with Gasteiger partial charge in [-0.1, -0.05) is 0 Å². The molecule has 0 N–H and O–H groups in total. The van der Waals surface area contributed by atoms with Crippen LogP contribution in [0.3, 0.4) is 0 Å². The van der Waals surface area contributed by atoms with E-state index in [4.69, 9.17) is 13.9 Å². The van der Waals surface area contributed by atoms with Crippen LogP contribution in [-0.2, 0) is 9.53 Å². The maximum Gasteiger partial charge on any atom is 0.338 e. The molecule has 1 fully saturated rings. The Labute approximate surface area is 170 Å². The minimum Gasteiger partial charge on any atom is -0.490 e. The highest BCUT2D eigenvalue weighted by Gasteiger charge is 2.27. The van der Waals surface area contributed by atoms with Crippen LogP contribution in [0, 0.1) is 10.1 Å².